The number of carbonyl (C=O) groups is 1. The van der Waals surface area contributed by atoms with E-state index >= 15 is 0 Å². The van der Waals surface area contributed by atoms with Gasteiger partial charge in [0.05, 0.1) is 18.4 Å². The third kappa shape index (κ3) is 4.30. The van der Waals surface area contributed by atoms with Crippen molar-refractivity contribution < 1.29 is 9.53 Å². The second-order valence-electron chi connectivity index (χ2n) is 6.18. The predicted octanol–water partition coefficient (Wildman–Crippen LogP) is 3.99. The van der Waals surface area contributed by atoms with Crippen LogP contribution in [-0.4, -0.2) is 28.6 Å². The summed E-state index contributed by atoms with van der Waals surface area (Å²) in [5.41, 5.74) is 8.46. The summed E-state index contributed by atoms with van der Waals surface area (Å²) in [6.45, 7) is 3.54. The van der Waals surface area contributed by atoms with Crippen LogP contribution in [0.3, 0.4) is 0 Å². The molecule has 0 spiro atoms. The van der Waals surface area contributed by atoms with Crippen LogP contribution in [0.25, 0.3) is 11.1 Å². The third-order valence-corrected chi connectivity index (χ3v) is 4.29. The fourth-order valence-corrected chi connectivity index (χ4v) is 2.86. The number of benzene rings is 2. The van der Waals surface area contributed by atoms with Gasteiger partial charge in [-0.2, -0.15) is 0 Å². The van der Waals surface area contributed by atoms with Gasteiger partial charge in [0.25, 0.3) is 0 Å². The van der Waals surface area contributed by atoms with E-state index in [9.17, 15) is 4.79 Å². The van der Waals surface area contributed by atoms with Gasteiger partial charge in [-0.1, -0.05) is 42.5 Å². The second kappa shape index (κ2) is 8.79. The number of hydrogen-bond donors (Lipinski definition) is 3. The number of allylic oxidation sites excluding steroid dienone is 1. The molecular weight excluding hydrogens is 366 g/mol. The van der Waals surface area contributed by atoms with Gasteiger partial charge in [0.2, 0.25) is 0 Å². The molecule has 4 N–H and O–H groups in total. The molecular formula is C22H21N5O2. The van der Waals surface area contributed by atoms with Gasteiger partial charge in [0, 0.05) is 6.42 Å². The van der Waals surface area contributed by atoms with Crippen LogP contribution in [0.1, 0.15) is 12.0 Å². The van der Waals surface area contributed by atoms with E-state index in [1.54, 1.807) is 7.11 Å². The van der Waals surface area contributed by atoms with E-state index in [2.05, 4.69) is 21.9 Å². The summed E-state index contributed by atoms with van der Waals surface area (Å²) in [6, 6.07) is 15.6. The van der Waals surface area contributed by atoms with Gasteiger partial charge in [0.1, 0.15) is 29.4 Å². The summed E-state index contributed by atoms with van der Waals surface area (Å²) < 4.78 is 5.45. The molecule has 0 radical (unpaired) electrons. The van der Waals surface area contributed by atoms with Crippen LogP contribution in [0.2, 0.25) is 0 Å². The van der Waals surface area contributed by atoms with Crippen LogP contribution in [0.15, 0.2) is 67.5 Å². The number of nitrogens with one attached hydrogen (secondary N) is 2. The monoisotopic (exact) mass is 387 g/mol. The maximum absolute atomic E-state index is 12.2. The first kappa shape index (κ1) is 19.8. The molecule has 29 heavy (non-hydrogen) atoms. The van der Waals surface area contributed by atoms with E-state index in [0.717, 1.165) is 11.1 Å². The fourth-order valence-electron chi connectivity index (χ4n) is 2.86. The molecule has 2 aromatic carbocycles. The van der Waals surface area contributed by atoms with Crippen LogP contribution in [0, 0.1) is 5.41 Å². The molecule has 0 aliphatic rings. The smallest absolute Gasteiger partial charge is 0.185 e. The number of Topliss-reactive ketones (excluding diaryl/α,β-unsaturated/α-hetero) is 1. The van der Waals surface area contributed by atoms with Crippen LogP contribution in [0.4, 0.5) is 17.3 Å². The van der Waals surface area contributed by atoms with Gasteiger partial charge in [0.15, 0.2) is 5.78 Å². The number of hydrogen-bond acceptors (Lipinski definition) is 7. The maximum atomic E-state index is 12.2. The van der Waals surface area contributed by atoms with Gasteiger partial charge in [-0.15, -0.1) is 6.58 Å². The molecule has 7 heteroatoms. The highest BCUT2D eigenvalue weighted by molar-refractivity contribution is 6.47. The number of aromatic nitrogens is 2. The first-order valence-electron chi connectivity index (χ1n) is 8.89. The molecule has 146 valence electrons. The molecule has 1 aromatic heterocycles. The van der Waals surface area contributed by atoms with Crippen molar-refractivity contribution >= 4 is 28.8 Å². The topological polar surface area (TPSA) is 114 Å². The summed E-state index contributed by atoms with van der Waals surface area (Å²) in [6.07, 6.45) is 2.75. The maximum Gasteiger partial charge on any atom is 0.185 e. The highest BCUT2D eigenvalue weighted by Crippen LogP contribution is 2.33. The van der Waals surface area contributed by atoms with Gasteiger partial charge >= 0.3 is 0 Å². The number of rotatable bonds is 8. The standard InChI is InChI=1S/C22H21N5O2/c1-3-7-17(28)20(23)19-21(24)25-13-26-22(19)27-16-12-15(10-11-18(16)29-2)14-8-5-4-6-9-14/h3-6,8-13,23H,1,7H2,2H3,(H3,24,25,26,27). The zero-order valence-corrected chi connectivity index (χ0v) is 16.0. The third-order valence-electron chi connectivity index (χ3n) is 4.29. The Labute approximate surface area is 168 Å². The Morgan fingerprint density at radius 3 is 2.66 bits per heavy atom. The minimum Gasteiger partial charge on any atom is -0.495 e. The molecule has 7 nitrogen and oxygen atoms in total. The van der Waals surface area contributed by atoms with Crippen molar-refractivity contribution in [2.75, 3.05) is 18.2 Å². The number of carbonyl (C=O) groups excluding carboxylic acids is 1. The molecule has 0 fully saturated rings. The zero-order chi connectivity index (χ0) is 20.8. The van der Waals surface area contributed by atoms with Crippen LogP contribution >= 0.6 is 0 Å². The number of methoxy groups -OCH3 is 1. The highest BCUT2D eigenvalue weighted by atomic mass is 16.5. The summed E-state index contributed by atoms with van der Waals surface area (Å²) in [4.78, 5) is 20.3. The predicted molar refractivity (Wildman–Crippen MR) is 115 cm³/mol. The molecule has 0 unspecified atom stereocenters. The lowest BCUT2D eigenvalue weighted by atomic mass is 10.0. The van der Waals surface area contributed by atoms with Crippen molar-refractivity contribution in [3.8, 4) is 16.9 Å². The minimum absolute atomic E-state index is 0.0272. The quantitative estimate of drug-likeness (QED) is 0.398. The van der Waals surface area contributed by atoms with Gasteiger partial charge in [-0.3, -0.25) is 10.2 Å². The number of anilines is 3. The molecule has 0 saturated heterocycles. The SMILES string of the molecule is C=CCC(=O)C(=N)c1c(N)ncnc1Nc1cc(-c2ccccc2)ccc1OC. The van der Waals surface area contributed by atoms with E-state index in [1.165, 1.54) is 12.4 Å². The van der Waals surface area contributed by atoms with Crippen molar-refractivity contribution in [2.24, 2.45) is 0 Å². The Morgan fingerprint density at radius 1 is 1.21 bits per heavy atom. The number of ketones is 1. The van der Waals surface area contributed by atoms with Crippen LogP contribution < -0.4 is 15.8 Å². The zero-order valence-electron chi connectivity index (χ0n) is 16.0. The van der Waals surface area contributed by atoms with Crippen molar-refractivity contribution in [3.63, 3.8) is 0 Å². The number of nitrogens with two attached hydrogens (primary N) is 1. The van der Waals surface area contributed by atoms with E-state index in [4.69, 9.17) is 15.9 Å². The van der Waals surface area contributed by atoms with Crippen LogP contribution in [-0.2, 0) is 4.79 Å². The lowest BCUT2D eigenvalue weighted by molar-refractivity contribution is -0.112. The van der Waals surface area contributed by atoms with Crippen molar-refractivity contribution in [2.45, 2.75) is 6.42 Å². The van der Waals surface area contributed by atoms with Crippen molar-refractivity contribution in [3.05, 3.63) is 73.1 Å². The molecule has 0 saturated carbocycles. The largest absolute Gasteiger partial charge is 0.495 e. The van der Waals surface area contributed by atoms with E-state index in [1.807, 2.05) is 48.5 Å². The Balaban J connectivity index is 2.04. The number of nitrogens with zero attached hydrogens (tertiary/aromatic N) is 2. The Hall–Kier alpha value is -4.00. The summed E-state index contributed by atoms with van der Waals surface area (Å²) in [5.74, 6) is 0.456. The molecule has 0 atom stereocenters. The molecule has 3 aromatic rings. The van der Waals surface area contributed by atoms with Gasteiger partial charge in [-0.25, -0.2) is 9.97 Å². The highest BCUT2D eigenvalue weighted by Gasteiger charge is 2.20. The summed E-state index contributed by atoms with van der Waals surface area (Å²) >= 11 is 0. The van der Waals surface area contributed by atoms with Crippen molar-refractivity contribution in [1.29, 1.82) is 5.41 Å². The second-order valence-corrected chi connectivity index (χ2v) is 6.18. The Morgan fingerprint density at radius 2 is 1.97 bits per heavy atom. The minimum atomic E-state index is -0.422. The molecule has 0 aliphatic heterocycles. The molecule has 0 bridgehead atoms. The Bertz CT molecular complexity index is 1060. The molecule has 3 rings (SSSR count). The van der Waals surface area contributed by atoms with E-state index < -0.39 is 5.78 Å². The average Bonchev–Trinajstić information content (AvgIpc) is 2.74. The summed E-state index contributed by atoms with van der Waals surface area (Å²) in [5, 5.41) is 11.4. The number of nitrogen functional groups attached to an aromatic ring is 1. The van der Waals surface area contributed by atoms with Crippen molar-refractivity contribution in [1.82, 2.24) is 9.97 Å². The lowest BCUT2D eigenvalue weighted by Gasteiger charge is -2.16. The molecule has 1 heterocycles. The van der Waals surface area contributed by atoms with Gasteiger partial charge in [-0.05, 0) is 23.3 Å². The average molecular weight is 387 g/mol. The lowest BCUT2D eigenvalue weighted by Crippen LogP contribution is -2.18. The normalized spacial score (nSPS) is 10.2. The van der Waals surface area contributed by atoms with Crippen LogP contribution in [0.5, 0.6) is 5.75 Å². The van der Waals surface area contributed by atoms with E-state index in [-0.39, 0.29) is 29.3 Å². The fraction of sp³-hybridized carbons (Fsp3) is 0.0909. The van der Waals surface area contributed by atoms with E-state index in [0.29, 0.717) is 11.4 Å². The Kier molecular flexibility index (Phi) is 5.99. The first-order valence-corrected chi connectivity index (χ1v) is 8.89. The first-order chi connectivity index (χ1) is 14.0. The molecule has 0 amide bonds. The molecule has 0 aliphatic carbocycles. The summed E-state index contributed by atoms with van der Waals surface area (Å²) in [7, 11) is 1.56. The van der Waals surface area contributed by atoms with Gasteiger partial charge < -0.3 is 15.8 Å². The number of ether oxygens (including phenoxy) is 1.